The van der Waals surface area contributed by atoms with Crippen molar-refractivity contribution in [3.8, 4) is 0 Å². The third-order valence-electron chi connectivity index (χ3n) is 2.11. The Morgan fingerprint density at radius 1 is 1.29 bits per heavy atom. The van der Waals surface area contributed by atoms with Gasteiger partial charge in [0, 0.05) is 26.6 Å². The summed E-state index contributed by atoms with van der Waals surface area (Å²) >= 11 is 0. The van der Waals surface area contributed by atoms with Crippen LogP contribution in [-0.4, -0.2) is 31.2 Å². The van der Waals surface area contributed by atoms with Crippen molar-refractivity contribution >= 4 is 6.09 Å². The topological polar surface area (TPSA) is 29.5 Å². The lowest BCUT2D eigenvalue weighted by atomic mass is 10.1. The average Bonchev–Trinajstić information content (AvgIpc) is 2.14. The van der Waals surface area contributed by atoms with Crippen LogP contribution in [0.25, 0.3) is 0 Å². The van der Waals surface area contributed by atoms with Gasteiger partial charge < -0.3 is 9.64 Å². The highest BCUT2D eigenvalue weighted by atomic mass is 19.1. The second-order valence-corrected chi connectivity index (χ2v) is 4.07. The molecule has 1 aromatic carbocycles. The number of rotatable bonds is 3. The number of hydrogen-bond donors (Lipinski definition) is 0. The summed E-state index contributed by atoms with van der Waals surface area (Å²) in [7, 11) is 3.13. The first kappa shape index (κ1) is 13.4. The molecule has 1 amide bonds. The van der Waals surface area contributed by atoms with E-state index in [1.54, 1.807) is 21.0 Å². The van der Waals surface area contributed by atoms with E-state index in [0.29, 0.717) is 5.56 Å². The van der Waals surface area contributed by atoms with Crippen LogP contribution < -0.4 is 0 Å². The Morgan fingerprint density at radius 2 is 1.82 bits per heavy atom. The fraction of sp³-hybridized carbons (Fsp3) is 0.417. The second-order valence-electron chi connectivity index (χ2n) is 4.07. The minimum absolute atomic E-state index is 0.272. The number of halogens is 2. The highest BCUT2D eigenvalue weighted by Crippen LogP contribution is 2.11. The first-order chi connectivity index (χ1) is 7.88. The highest BCUT2D eigenvalue weighted by Gasteiger charge is 2.12. The monoisotopic (exact) mass is 243 g/mol. The van der Waals surface area contributed by atoms with Crippen LogP contribution in [0, 0.1) is 11.6 Å². The van der Waals surface area contributed by atoms with Gasteiger partial charge in [-0.25, -0.2) is 13.6 Å². The molecule has 0 aliphatic rings. The molecule has 0 aromatic heterocycles. The molecule has 0 radical (unpaired) electrons. The van der Waals surface area contributed by atoms with E-state index in [1.807, 2.05) is 0 Å². The van der Waals surface area contributed by atoms with E-state index in [4.69, 9.17) is 4.74 Å². The lowest BCUT2D eigenvalue weighted by Crippen LogP contribution is -2.27. The number of carbonyl (C=O) groups excluding carboxylic acids is 1. The third-order valence-corrected chi connectivity index (χ3v) is 2.11. The number of carbonyl (C=O) groups is 1. The van der Waals surface area contributed by atoms with Crippen molar-refractivity contribution in [2.75, 3.05) is 14.1 Å². The molecule has 1 aromatic rings. The Hall–Kier alpha value is -1.65. The molecular formula is C12H15F2NO2. The molecule has 0 N–H and O–H groups in total. The molecule has 0 fully saturated rings. The van der Waals surface area contributed by atoms with Crippen molar-refractivity contribution in [1.29, 1.82) is 0 Å². The summed E-state index contributed by atoms with van der Waals surface area (Å²) in [6.45, 7) is 1.67. The third kappa shape index (κ3) is 4.38. The molecule has 1 unspecified atom stereocenters. The summed E-state index contributed by atoms with van der Waals surface area (Å²) in [5.41, 5.74) is 0.460. The largest absolute Gasteiger partial charge is 0.446 e. The summed E-state index contributed by atoms with van der Waals surface area (Å²) in [6.07, 6.45) is -0.644. The predicted octanol–water partition coefficient (Wildman–Crippen LogP) is 2.59. The molecule has 3 nitrogen and oxygen atoms in total. The van der Waals surface area contributed by atoms with Crippen LogP contribution in [0.1, 0.15) is 12.5 Å². The maximum Gasteiger partial charge on any atom is 0.409 e. The van der Waals surface area contributed by atoms with Gasteiger partial charge >= 0.3 is 6.09 Å². The van der Waals surface area contributed by atoms with Crippen molar-refractivity contribution < 1.29 is 18.3 Å². The molecule has 1 rings (SSSR count). The summed E-state index contributed by atoms with van der Waals surface area (Å²) in [4.78, 5) is 12.5. The van der Waals surface area contributed by atoms with Crippen molar-refractivity contribution in [2.45, 2.75) is 19.4 Å². The summed E-state index contributed by atoms with van der Waals surface area (Å²) < 4.78 is 30.9. The standard InChI is InChI=1S/C12H15F2NO2/c1-8(17-12(16)15(2)3)4-9-5-10(13)7-11(14)6-9/h5-8H,4H2,1-3H3. The van der Waals surface area contributed by atoms with E-state index in [1.165, 1.54) is 17.0 Å². The van der Waals surface area contributed by atoms with Crippen molar-refractivity contribution in [3.63, 3.8) is 0 Å². The van der Waals surface area contributed by atoms with Gasteiger partial charge in [-0.1, -0.05) is 0 Å². The first-order valence-corrected chi connectivity index (χ1v) is 5.21. The van der Waals surface area contributed by atoms with Gasteiger partial charge in [0.25, 0.3) is 0 Å². The zero-order chi connectivity index (χ0) is 13.0. The second kappa shape index (κ2) is 5.61. The zero-order valence-corrected chi connectivity index (χ0v) is 10.0. The predicted molar refractivity (Wildman–Crippen MR) is 59.7 cm³/mol. The highest BCUT2D eigenvalue weighted by molar-refractivity contribution is 5.66. The molecule has 0 aliphatic heterocycles. The number of hydrogen-bond acceptors (Lipinski definition) is 2. The van der Waals surface area contributed by atoms with Crippen LogP contribution in [0.3, 0.4) is 0 Å². The van der Waals surface area contributed by atoms with Gasteiger partial charge in [-0.15, -0.1) is 0 Å². The van der Waals surface area contributed by atoms with E-state index >= 15 is 0 Å². The van der Waals surface area contributed by atoms with Crippen LogP contribution >= 0.6 is 0 Å². The first-order valence-electron chi connectivity index (χ1n) is 5.21. The van der Waals surface area contributed by atoms with Crippen LogP contribution in [-0.2, 0) is 11.2 Å². The number of nitrogens with zero attached hydrogens (tertiary/aromatic N) is 1. The molecule has 17 heavy (non-hydrogen) atoms. The molecule has 0 spiro atoms. The summed E-state index contributed by atoms with van der Waals surface area (Å²) in [5.74, 6) is -1.27. The van der Waals surface area contributed by atoms with Gasteiger partial charge in [0.05, 0.1) is 0 Å². The van der Waals surface area contributed by atoms with Crippen molar-refractivity contribution in [2.24, 2.45) is 0 Å². The molecule has 0 saturated heterocycles. The van der Waals surface area contributed by atoms with E-state index in [0.717, 1.165) is 6.07 Å². The SMILES string of the molecule is CC(Cc1cc(F)cc(F)c1)OC(=O)N(C)C. The molecular weight excluding hydrogens is 228 g/mol. The van der Waals surface area contributed by atoms with Gasteiger partial charge in [-0.2, -0.15) is 0 Å². The van der Waals surface area contributed by atoms with Crippen LogP contribution in [0.4, 0.5) is 13.6 Å². The van der Waals surface area contributed by atoms with Crippen LogP contribution in [0.15, 0.2) is 18.2 Å². The molecule has 5 heteroatoms. The Kier molecular flexibility index (Phi) is 4.43. The maximum absolute atomic E-state index is 12.9. The van der Waals surface area contributed by atoms with E-state index in [-0.39, 0.29) is 6.42 Å². The van der Waals surface area contributed by atoms with Crippen LogP contribution in [0.2, 0.25) is 0 Å². The summed E-state index contributed by atoms with van der Waals surface area (Å²) in [5, 5.41) is 0. The molecule has 0 aliphatic carbocycles. The Labute approximate surface area is 99.0 Å². The van der Waals surface area contributed by atoms with Crippen LogP contribution in [0.5, 0.6) is 0 Å². The average molecular weight is 243 g/mol. The molecule has 1 atom stereocenters. The lowest BCUT2D eigenvalue weighted by Gasteiger charge is -2.17. The molecule has 0 saturated carbocycles. The number of amides is 1. The van der Waals surface area contributed by atoms with Gasteiger partial charge in [0.1, 0.15) is 17.7 Å². The fourth-order valence-electron chi connectivity index (χ4n) is 1.38. The van der Waals surface area contributed by atoms with Gasteiger partial charge in [0.15, 0.2) is 0 Å². The zero-order valence-electron chi connectivity index (χ0n) is 10.0. The minimum Gasteiger partial charge on any atom is -0.446 e. The number of benzene rings is 1. The van der Waals surface area contributed by atoms with Gasteiger partial charge in [-0.3, -0.25) is 0 Å². The number of ether oxygens (including phenoxy) is 1. The molecule has 94 valence electrons. The van der Waals surface area contributed by atoms with Crippen molar-refractivity contribution in [1.82, 2.24) is 4.90 Å². The Balaban J connectivity index is 2.61. The minimum atomic E-state index is -0.633. The smallest absolute Gasteiger partial charge is 0.409 e. The van der Waals surface area contributed by atoms with E-state index in [9.17, 15) is 13.6 Å². The fourth-order valence-corrected chi connectivity index (χ4v) is 1.38. The van der Waals surface area contributed by atoms with E-state index in [2.05, 4.69) is 0 Å². The Morgan fingerprint density at radius 3 is 2.29 bits per heavy atom. The van der Waals surface area contributed by atoms with Gasteiger partial charge in [-0.05, 0) is 24.6 Å². The van der Waals surface area contributed by atoms with E-state index < -0.39 is 23.8 Å². The van der Waals surface area contributed by atoms with Gasteiger partial charge in [0.2, 0.25) is 0 Å². The quantitative estimate of drug-likeness (QED) is 0.816. The Bertz CT molecular complexity index is 387. The molecule has 0 heterocycles. The maximum atomic E-state index is 12.9. The molecule has 0 bridgehead atoms. The lowest BCUT2D eigenvalue weighted by molar-refractivity contribution is 0.0828. The van der Waals surface area contributed by atoms with Crippen molar-refractivity contribution in [3.05, 3.63) is 35.4 Å². The summed E-state index contributed by atoms with van der Waals surface area (Å²) in [6, 6.07) is 3.26. The normalized spacial score (nSPS) is 12.1.